The third kappa shape index (κ3) is 5.09. The molecule has 1 N–H and O–H groups in total. The van der Waals surface area contributed by atoms with Crippen LogP contribution in [0.1, 0.15) is 22.9 Å². The number of nitrogens with one attached hydrogen (secondary N) is 1. The van der Waals surface area contributed by atoms with Gasteiger partial charge in [0.1, 0.15) is 34.3 Å². The maximum atomic E-state index is 6.48. The molecular formula is C49H31N3O2. The van der Waals surface area contributed by atoms with Gasteiger partial charge in [0.25, 0.3) is 0 Å². The minimum Gasteiger partial charge on any atom is -0.456 e. The first-order chi connectivity index (χ1) is 26.7. The molecule has 0 spiro atoms. The summed E-state index contributed by atoms with van der Waals surface area (Å²) in [6.45, 7) is 0. The average Bonchev–Trinajstić information content (AvgIpc) is 3.81. The Morgan fingerprint density at radius 3 is 1.91 bits per heavy atom. The van der Waals surface area contributed by atoms with Gasteiger partial charge in [-0.05, 0) is 81.1 Å². The highest BCUT2D eigenvalue weighted by Crippen LogP contribution is 2.38. The quantitative estimate of drug-likeness (QED) is 0.195. The molecule has 0 fully saturated rings. The molecule has 2 aromatic heterocycles. The third-order valence-corrected chi connectivity index (χ3v) is 10.5. The van der Waals surface area contributed by atoms with Crippen molar-refractivity contribution in [2.45, 2.75) is 6.17 Å². The van der Waals surface area contributed by atoms with Gasteiger partial charge in [0.05, 0.1) is 0 Å². The van der Waals surface area contributed by atoms with Crippen LogP contribution in [0.15, 0.2) is 195 Å². The molecule has 0 amide bonds. The Bertz CT molecular complexity index is 3130. The standard InChI is InChI=1S/C49H31N3O2/c1-2-9-30(10-3-1)32-17-20-33(21-18-32)47-50-48(37-22-19-31-11-4-5-12-34(31)27-37)52-49(51-47)39-14-8-16-45-46(39)41-29-36(24-26-44(41)54-45)35-23-25-43-40(28-35)38-13-6-7-15-42(38)53-43/h1-29,47H,(H,50,51,52). The third-order valence-electron chi connectivity index (χ3n) is 10.5. The van der Waals surface area contributed by atoms with Crippen LogP contribution < -0.4 is 5.32 Å². The molecule has 0 aliphatic carbocycles. The highest BCUT2D eigenvalue weighted by atomic mass is 16.3. The first-order valence-electron chi connectivity index (χ1n) is 18.2. The van der Waals surface area contributed by atoms with Crippen molar-refractivity contribution in [1.29, 1.82) is 0 Å². The maximum absolute atomic E-state index is 6.48. The molecule has 1 unspecified atom stereocenters. The van der Waals surface area contributed by atoms with Crippen LogP contribution in [0.5, 0.6) is 0 Å². The smallest absolute Gasteiger partial charge is 0.160 e. The van der Waals surface area contributed by atoms with Crippen LogP contribution in [-0.4, -0.2) is 11.7 Å². The molecule has 11 rings (SSSR count). The molecule has 3 heterocycles. The normalized spacial score (nSPS) is 14.5. The largest absolute Gasteiger partial charge is 0.456 e. The summed E-state index contributed by atoms with van der Waals surface area (Å²) in [5.41, 5.74) is 10.9. The molecule has 1 atom stereocenters. The fraction of sp³-hybridized carbons (Fsp3) is 0.0204. The van der Waals surface area contributed by atoms with Crippen molar-refractivity contribution in [3.63, 3.8) is 0 Å². The van der Waals surface area contributed by atoms with E-state index in [0.29, 0.717) is 5.84 Å². The molecule has 1 aliphatic heterocycles. The van der Waals surface area contributed by atoms with E-state index >= 15 is 0 Å². The van der Waals surface area contributed by atoms with Crippen LogP contribution in [0, 0.1) is 0 Å². The van der Waals surface area contributed by atoms with Crippen LogP contribution in [-0.2, 0) is 0 Å². The van der Waals surface area contributed by atoms with Gasteiger partial charge in [0, 0.05) is 32.7 Å². The Hall–Kier alpha value is -7.24. The molecule has 5 nitrogen and oxygen atoms in total. The Kier molecular flexibility index (Phi) is 6.85. The summed E-state index contributed by atoms with van der Waals surface area (Å²) >= 11 is 0. The number of nitrogens with zero attached hydrogens (tertiary/aromatic N) is 2. The number of hydrogen-bond donors (Lipinski definition) is 1. The number of para-hydroxylation sites is 1. The molecule has 54 heavy (non-hydrogen) atoms. The molecule has 8 aromatic carbocycles. The average molecular weight is 694 g/mol. The fourth-order valence-electron chi connectivity index (χ4n) is 7.81. The second-order valence-electron chi connectivity index (χ2n) is 13.8. The predicted octanol–water partition coefficient (Wildman–Crippen LogP) is 12.5. The van der Waals surface area contributed by atoms with Gasteiger partial charge >= 0.3 is 0 Å². The summed E-state index contributed by atoms with van der Waals surface area (Å²) in [7, 11) is 0. The van der Waals surface area contributed by atoms with E-state index in [1.54, 1.807) is 0 Å². The molecule has 1 aliphatic rings. The first kappa shape index (κ1) is 30.4. The van der Waals surface area contributed by atoms with Gasteiger partial charge in [-0.1, -0.05) is 133 Å². The van der Waals surface area contributed by atoms with E-state index in [1.807, 2.05) is 30.3 Å². The zero-order chi connectivity index (χ0) is 35.6. The van der Waals surface area contributed by atoms with E-state index in [2.05, 4.69) is 151 Å². The van der Waals surface area contributed by atoms with Crippen molar-refractivity contribution in [3.8, 4) is 22.3 Å². The van der Waals surface area contributed by atoms with Gasteiger partial charge in [-0.25, -0.2) is 9.98 Å². The highest BCUT2D eigenvalue weighted by molar-refractivity contribution is 6.22. The van der Waals surface area contributed by atoms with E-state index < -0.39 is 0 Å². The number of hydrogen-bond acceptors (Lipinski definition) is 5. The number of amidine groups is 2. The van der Waals surface area contributed by atoms with Gasteiger partial charge in [0.2, 0.25) is 0 Å². The number of fused-ring (bicyclic) bond motifs is 7. The molecule has 10 aromatic rings. The lowest BCUT2D eigenvalue weighted by atomic mass is 9.99. The minimum absolute atomic E-state index is 0.357. The Morgan fingerprint density at radius 1 is 0.426 bits per heavy atom. The summed E-state index contributed by atoms with van der Waals surface area (Å²) in [5, 5.41) is 10.2. The van der Waals surface area contributed by atoms with Gasteiger partial charge in [0.15, 0.2) is 5.84 Å². The predicted molar refractivity (Wildman–Crippen MR) is 221 cm³/mol. The summed E-state index contributed by atoms with van der Waals surface area (Å²) in [6, 6.07) is 61.1. The zero-order valence-electron chi connectivity index (χ0n) is 29.0. The van der Waals surface area contributed by atoms with E-state index in [4.69, 9.17) is 18.8 Å². The summed E-state index contributed by atoms with van der Waals surface area (Å²) < 4.78 is 12.6. The molecule has 0 saturated carbocycles. The van der Waals surface area contributed by atoms with Crippen molar-refractivity contribution in [2.24, 2.45) is 9.98 Å². The van der Waals surface area contributed by atoms with Gasteiger partial charge in [-0.3, -0.25) is 0 Å². The van der Waals surface area contributed by atoms with Gasteiger partial charge in [-0.15, -0.1) is 0 Å². The SMILES string of the molecule is c1ccc(-c2ccc(C3N=C(c4cccc5oc6ccc(-c7ccc8oc9ccccc9c8c7)cc6c45)N=C(c4ccc5ccccc5c4)N3)cc2)cc1. The Labute approximate surface area is 310 Å². The van der Waals surface area contributed by atoms with E-state index in [-0.39, 0.29) is 6.17 Å². The van der Waals surface area contributed by atoms with Crippen molar-refractivity contribution in [3.05, 3.63) is 193 Å². The lowest BCUT2D eigenvalue weighted by Gasteiger charge is -2.24. The van der Waals surface area contributed by atoms with Crippen molar-refractivity contribution in [2.75, 3.05) is 0 Å². The van der Waals surface area contributed by atoms with Crippen LogP contribution >= 0.6 is 0 Å². The van der Waals surface area contributed by atoms with E-state index in [9.17, 15) is 0 Å². The zero-order valence-corrected chi connectivity index (χ0v) is 29.0. The lowest BCUT2D eigenvalue weighted by molar-refractivity contribution is 0.668. The van der Waals surface area contributed by atoms with Crippen LogP contribution in [0.25, 0.3) is 76.9 Å². The lowest BCUT2D eigenvalue weighted by Crippen LogP contribution is -2.33. The maximum Gasteiger partial charge on any atom is 0.160 e. The molecule has 5 heteroatoms. The van der Waals surface area contributed by atoms with E-state index in [0.717, 1.165) is 88.5 Å². The molecular weight excluding hydrogens is 663 g/mol. The topological polar surface area (TPSA) is 63.0 Å². The summed E-state index contributed by atoms with van der Waals surface area (Å²) in [5.74, 6) is 1.42. The van der Waals surface area contributed by atoms with Crippen molar-refractivity contribution < 1.29 is 8.83 Å². The molecule has 0 radical (unpaired) electrons. The number of rotatable bonds is 5. The minimum atomic E-state index is -0.357. The number of furan rings is 2. The second kappa shape index (κ2) is 12.2. The molecule has 0 saturated heterocycles. The summed E-state index contributed by atoms with van der Waals surface area (Å²) in [6.07, 6.45) is -0.357. The second-order valence-corrected chi connectivity index (χ2v) is 13.8. The first-order valence-corrected chi connectivity index (χ1v) is 18.2. The van der Waals surface area contributed by atoms with Crippen molar-refractivity contribution in [1.82, 2.24) is 5.32 Å². The number of aliphatic imine (C=N–C) groups is 2. The molecule has 254 valence electrons. The van der Waals surface area contributed by atoms with Gasteiger partial charge < -0.3 is 14.2 Å². The van der Waals surface area contributed by atoms with Crippen molar-refractivity contribution >= 4 is 66.3 Å². The molecule has 0 bridgehead atoms. The Morgan fingerprint density at radius 2 is 1.06 bits per heavy atom. The highest BCUT2D eigenvalue weighted by Gasteiger charge is 2.24. The van der Waals surface area contributed by atoms with E-state index in [1.165, 1.54) is 10.9 Å². The monoisotopic (exact) mass is 693 g/mol. The van der Waals surface area contributed by atoms with Gasteiger partial charge in [-0.2, -0.15) is 0 Å². The van der Waals surface area contributed by atoms with Crippen LogP contribution in [0.4, 0.5) is 0 Å². The van der Waals surface area contributed by atoms with Crippen LogP contribution in [0.3, 0.4) is 0 Å². The Balaban J connectivity index is 1.06. The summed E-state index contributed by atoms with van der Waals surface area (Å²) in [4.78, 5) is 10.6. The van der Waals surface area contributed by atoms with Crippen LogP contribution in [0.2, 0.25) is 0 Å². The number of benzene rings is 8. The fourth-order valence-corrected chi connectivity index (χ4v) is 7.81.